The monoisotopic (exact) mass is 252 g/mol. The van der Waals surface area contributed by atoms with Crippen LogP contribution >= 0.6 is 0 Å². The molecule has 0 radical (unpaired) electrons. The van der Waals surface area contributed by atoms with Crippen molar-refractivity contribution in [1.82, 2.24) is 4.90 Å². The van der Waals surface area contributed by atoms with Crippen molar-refractivity contribution >= 4 is 6.03 Å². The number of aliphatic hydroxyl groups is 1. The summed E-state index contributed by atoms with van der Waals surface area (Å²) in [7, 11) is 0. The van der Waals surface area contributed by atoms with E-state index in [2.05, 4.69) is 0 Å². The second-order valence-electron chi connectivity index (χ2n) is 4.66. The maximum atomic E-state index is 12.8. The minimum atomic E-state index is -0.611. The number of nitrogens with two attached hydrogens (primary N) is 1. The Morgan fingerprint density at radius 2 is 1.89 bits per heavy atom. The first-order valence-corrected chi connectivity index (χ1v) is 6.06. The lowest BCUT2D eigenvalue weighted by molar-refractivity contribution is 0.0677. The van der Waals surface area contributed by atoms with E-state index in [1.54, 1.807) is 17.0 Å². The molecule has 0 spiro atoms. The minimum absolute atomic E-state index is 0.0889. The van der Waals surface area contributed by atoms with Gasteiger partial charge in [0.1, 0.15) is 5.82 Å². The minimum Gasteiger partial charge on any atom is -0.388 e. The van der Waals surface area contributed by atoms with E-state index in [0.717, 1.165) is 0 Å². The lowest BCUT2D eigenvalue weighted by Gasteiger charge is -2.33. The number of amides is 2. The third-order valence-corrected chi connectivity index (χ3v) is 3.51. The fourth-order valence-corrected chi connectivity index (χ4v) is 2.37. The fraction of sp³-hybridized carbons (Fsp3) is 0.462. The van der Waals surface area contributed by atoms with Crippen LogP contribution in [-0.2, 0) is 0 Å². The second-order valence-corrected chi connectivity index (χ2v) is 4.66. The molecule has 1 aromatic rings. The standard InChI is InChI=1S/C13H17FN2O2/c14-11-3-1-9(2-4-11)12(17)10-5-7-16(8-6-10)13(15)18/h1-4,10,12,17H,5-8H2,(H2,15,18). The number of piperidine rings is 1. The number of aliphatic hydroxyl groups excluding tert-OH is 1. The largest absolute Gasteiger partial charge is 0.388 e. The molecule has 2 amide bonds. The van der Waals surface area contributed by atoms with Crippen molar-refractivity contribution in [1.29, 1.82) is 0 Å². The van der Waals surface area contributed by atoms with Gasteiger partial charge in [-0.3, -0.25) is 0 Å². The van der Waals surface area contributed by atoms with Gasteiger partial charge in [0.25, 0.3) is 0 Å². The van der Waals surface area contributed by atoms with Gasteiger partial charge in [0.2, 0.25) is 0 Å². The Morgan fingerprint density at radius 1 is 1.33 bits per heavy atom. The lowest BCUT2D eigenvalue weighted by atomic mass is 9.87. The van der Waals surface area contributed by atoms with Crippen molar-refractivity contribution in [3.05, 3.63) is 35.6 Å². The summed E-state index contributed by atoms with van der Waals surface area (Å²) in [6.45, 7) is 1.14. The highest BCUT2D eigenvalue weighted by molar-refractivity contribution is 5.72. The second kappa shape index (κ2) is 5.35. The van der Waals surface area contributed by atoms with E-state index in [9.17, 15) is 14.3 Å². The Labute approximate surface area is 105 Å². The SMILES string of the molecule is NC(=O)N1CCC(C(O)c2ccc(F)cc2)CC1. The predicted molar refractivity (Wildman–Crippen MR) is 65.2 cm³/mol. The molecule has 18 heavy (non-hydrogen) atoms. The van der Waals surface area contributed by atoms with E-state index in [4.69, 9.17) is 5.73 Å². The maximum absolute atomic E-state index is 12.8. The van der Waals surface area contributed by atoms with Crippen molar-refractivity contribution in [2.24, 2.45) is 11.7 Å². The Bertz CT molecular complexity index is 414. The zero-order chi connectivity index (χ0) is 13.1. The number of hydrogen-bond acceptors (Lipinski definition) is 2. The van der Waals surface area contributed by atoms with Crippen molar-refractivity contribution in [2.75, 3.05) is 13.1 Å². The first kappa shape index (κ1) is 12.8. The van der Waals surface area contributed by atoms with Crippen molar-refractivity contribution in [3.8, 4) is 0 Å². The fourth-order valence-electron chi connectivity index (χ4n) is 2.37. The van der Waals surface area contributed by atoms with Crippen LogP contribution in [0.4, 0.5) is 9.18 Å². The molecular weight excluding hydrogens is 235 g/mol. The number of hydrogen-bond donors (Lipinski definition) is 2. The highest BCUT2D eigenvalue weighted by Gasteiger charge is 2.27. The quantitative estimate of drug-likeness (QED) is 0.840. The Hall–Kier alpha value is -1.62. The van der Waals surface area contributed by atoms with Gasteiger partial charge in [0.15, 0.2) is 0 Å². The molecule has 4 nitrogen and oxygen atoms in total. The van der Waals surface area contributed by atoms with E-state index >= 15 is 0 Å². The Morgan fingerprint density at radius 3 is 2.39 bits per heavy atom. The normalized spacial score (nSPS) is 18.7. The van der Waals surface area contributed by atoms with Crippen LogP contribution in [0.1, 0.15) is 24.5 Å². The van der Waals surface area contributed by atoms with Crippen molar-refractivity contribution < 1.29 is 14.3 Å². The summed E-state index contributed by atoms with van der Waals surface area (Å²) in [6.07, 6.45) is 0.809. The Kier molecular flexibility index (Phi) is 3.81. The maximum Gasteiger partial charge on any atom is 0.314 e. The lowest BCUT2D eigenvalue weighted by Crippen LogP contribution is -2.42. The van der Waals surface area contributed by atoms with Crippen LogP contribution in [0.15, 0.2) is 24.3 Å². The molecule has 2 rings (SSSR count). The summed E-state index contributed by atoms with van der Waals surface area (Å²) in [5.74, 6) is -0.222. The molecule has 0 saturated carbocycles. The predicted octanol–water partition coefficient (Wildman–Crippen LogP) is 1.65. The van der Waals surface area contributed by atoms with Gasteiger partial charge in [-0.1, -0.05) is 12.1 Å². The topological polar surface area (TPSA) is 66.6 Å². The first-order valence-electron chi connectivity index (χ1n) is 6.06. The van der Waals surface area contributed by atoms with Gasteiger partial charge in [-0.2, -0.15) is 0 Å². The number of benzene rings is 1. The molecule has 1 aromatic carbocycles. The molecule has 0 bridgehead atoms. The number of carbonyl (C=O) groups is 1. The third kappa shape index (κ3) is 2.79. The summed E-state index contributed by atoms with van der Waals surface area (Å²) < 4.78 is 12.8. The average Bonchev–Trinajstić information content (AvgIpc) is 2.39. The molecule has 1 saturated heterocycles. The molecule has 5 heteroatoms. The van der Waals surface area contributed by atoms with Crippen LogP contribution in [0.5, 0.6) is 0 Å². The number of primary amides is 1. The van der Waals surface area contributed by atoms with Gasteiger partial charge >= 0.3 is 6.03 Å². The van der Waals surface area contributed by atoms with Crippen molar-refractivity contribution in [3.63, 3.8) is 0 Å². The number of likely N-dealkylation sites (tertiary alicyclic amines) is 1. The van der Waals surface area contributed by atoms with Crippen molar-refractivity contribution in [2.45, 2.75) is 18.9 Å². The number of nitrogens with zero attached hydrogens (tertiary/aromatic N) is 1. The summed E-state index contributed by atoms with van der Waals surface area (Å²) >= 11 is 0. The molecule has 3 N–H and O–H groups in total. The highest BCUT2D eigenvalue weighted by atomic mass is 19.1. The molecule has 1 heterocycles. The van der Waals surface area contributed by atoms with E-state index in [1.165, 1.54) is 12.1 Å². The smallest absolute Gasteiger partial charge is 0.314 e. The van der Waals surface area contributed by atoms with Crippen LogP contribution in [-0.4, -0.2) is 29.1 Å². The molecule has 0 aromatic heterocycles. The molecule has 1 atom stereocenters. The zero-order valence-corrected chi connectivity index (χ0v) is 10.1. The molecule has 1 fully saturated rings. The van der Waals surface area contributed by atoms with E-state index in [-0.39, 0.29) is 11.7 Å². The summed E-state index contributed by atoms with van der Waals surface area (Å²) in [4.78, 5) is 12.6. The highest BCUT2D eigenvalue weighted by Crippen LogP contribution is 2.30. The number of carbonyl (C=O) groups excluding carboxylic acids is 1. The number of rotatable bonds is 2. The van der Waals surface area contributed by atoms with Crippen LogP contribution in [0.3, 0.4) is 0 Å². The molecule has 1 aliphatic rings. The zero-order valence-electron chi connectivity index (χ0n) is 10.1. The molecule has 0 aliphatic carbocycles. The van der Waals surface area contributed by atoms with Gasteiger partial charge in [0, 0.05) is 13.1 Å². The third-order valence-electron chi connectivity index (χ3n) is 3.51. The average molecular weight is 252 g/mol. The molecule has 1 unspecified atom stereocenters. The van der Waals surface area contributed by atoms with E-state index in [0.29, 0.717) is 31.5 Å². The van der Waals surface area contributed by atoms with Crippen LogP contribution < -0.4 is 5.73 Å². The Balaban J connectivity index is 1.97. The van der Waals surface area contributed by atoms with E-state index in [1.807, 2.05) is 0 Å². The van der Waals surface area contributed by atoms with Crippen LogP contribution in [0.2, 0.25) is 0 Å². The van der Waals surface area contributed by atoms with Crippen LogP contribution in [0, 0.1) is 11.7 Å². The number of halogens is 1. The number of urea groups is 1. The molecular formula is C13H17FN2O2. The first-order chi connectivity index (χ1) is 8.58. The van der Waals surface area contributed by atoms with Gasteiger partial charge in [-0.05, 0) is 36.5 Å². The molecule has 98 valence electrons. The van der Waals surface area contributed by atoms with Gasteiger partial charge in [0.05, 0.1) is 6.10 Å². The van der Waals surface area contributed by atoms with Crippen LogP contribution in [0.25, 0.3) is 0 Å². The van der Waals surface area contributed by atoms with E-state index < -0.39 is 12.1 Å². The van der Waals surface area contributed by atoms with Gasteiger partial charge in [-0.15, -0.1) is 0 Å². The summed E-state index contributed by atoms with van der Waals surface area (Å²) in [5.41, 5.74) is 5.92. The summed E-state index contributed by atoms with van der Waals surface area (Å²) in [6, 6.07) is 5.47. The van der Waals surface area contributed by atoms with Gasteiger partial charge < -0.3 is 15.7 Å². The molecule has 1 aliphatic heterocycles. The summed E-state index contributed by atoms with van der Waals surface area (Å²) in [5, 5.41) is 10.2. The van der Waals surface area contributed by atoms with Gasteiger partial charge in [-0.25, -0.2) is 9.18 Å².